The van der Waals surface area contributed by atoms with Gasteiger partial charge < -0.3 is 9.52 Å². The smallest absolute Gasteiger partial charge is 0.189 e. The molecule has 0 amide bonds. The molecule has 0 unspecified atom stereocenters. The molecule has 80 valence electrons. The maximum Gasteiger partial charge on any atom is 0.189 e. The van der Waals surface area contributed by atoms with Crippen molar-refractivity contribution >= 4 is 11.9 Å². The average molecular weight is 214 g/mol. The van der Waals surface area contributed by atoms with Crippen LogP contribution in [0.3, 0.4) is 0 Å². The van der Waals surface area contributed by atoms with Crippen LogP contribution < -0.4 is 0 Å². The molecule has 1 heterocycles. The van der Waals surface area contributed by atoms with Crippen LogP contribution in [0.1, 0.15) is 16.1 Å². The monoisotopic (exact) mass is 214 g/mol. The Bertz CT molecular complexity index is 510. The van der Waals surface area contributed by atoms with Gasteiger partial charge in [-0.2, -0.15) is 0 Å². The second kappa shape index (κ2) is 4.49. The predicted molar refractivity (Wildman–Crippen MR) is 60.2 cm³/mol. The van der Waals surface area contributed by atoms with Crippen LogP contribution in [-0.2, 0) is 0 Å². The fourth-order valence-corrected chi connectivity index (χ4v) is 1.32. The molecule has 2 aromatic rings. The van der Waals surface area contributed by atoms with Gasteiger partial charge in [0.25, 0.3) is 0 Å². The van der Waals surface area contributed by atoms with E-state index in [4.69, 9.17) is 4.42 Å². The zero-order valence-corrected chi connectivity index (χ0v) is 8.46. The van der Waals surface area contributed by atoms with Gasteiger partial charge in [0, 0.05) is 0 Å². The molecule has 3 heteroatoms. The van der Waals surface area contributed by atoms with Crippen molar-refractivity contribution in [2.75, 3.05) is 0 Å². The Morgan fingerprint density at radius 1 is 1.19 bits per heavy atom. The molecule has 0 bridgehead atoms. The Morgan fingerprint density at radius 3 is 2.69 bits per heavy atom. The van der Waals surface area contributed by atoms with Crippen molar-refractivity contribution in [3.63, 3.8) is 0 Å². The van der Waals surface area contributed by atoms with Gasteiger partial charge in [-0.15, -0.1) is 0 Å². The van der Waals surface area contributed by atoms with Crippen molar-refractivity contribution in [2.24, 2.45) is 0 Å². The van der Waals surface area contributed by atoms with Crippen LogP contribution in [0.25, 0.3) is 6.08 Å². The van der Waals surface area contributed by atoms with Gasteiger partial charge in [0.05, 0.1) is 11.8 Å². The van der Waals surface area contributed by atoms with Crippen LogP contribution in [0.2, 0.25) is 0 Å². The summed E-state index contributed by atoms with van der Waals surface area (Å²) < 4.78 is 5.05. The summed E-state index contributed by atoms with van der Waals surface area (Å²) in [4.78, 5) is 11.7. The average Bonchev–Trinajstić information content (AvgIpc) is 2.79. The Labute approximate surface area is 92.6 Å². The van der Waals surface area contributed by atoms with Gasteiger partial charge >= 0.3 is 0 Å². The van der Waals surface area contributed by atoms with Gasteiger partial charge in [0.1, 0.15) is 11.5 Å². The zero-order chi connectivity index (χ0) is 11.4. The van der Waals surface area contributed by atoms with E-state index in [1.807, 2.05) is 0 Å². The third-order valence-corrected chi connectivity index (χ3v) is 2.11. The maximum atomic E-state index is 11.7. The molecule has 0 saturated carbocycles. The summed E-state index contributed by atoms with van der Waals surface area (Å²) in [6, 6.07) is 9.91. The highest BCUT2D eigenvalue weighted by atomic mass is 16.3. The van der Waals surface area contributed by atoms with Crippen molar-refractivity contribution in [2.45, 2.75) is 0 Å². The van der Waals surface area contributed by atoms with Gasteiger partial charge in [-0.05, 0) is 36.4 Å². The fraction of sp³-hybridized carbons (Fsp3) is 0. The summed E-state index contributed by atoms with van der Waals surface area (Å²) in [5.74, 6) is 0.329. The van der Waals surface area contributed by atoms with Crippen molar-refractivity contribution in [1.29, 1.82) is 0 Å². The number of benzene rings is 1. The minimum Gasteiger partial charge on any atom is -0.507 e. The van der Waals surface area contributed by atoms with Gasteiger partial charge in [-0.25, -0.2) is 0 Å². The number of hydrogen-bond acceptors (Lipinski definition) is 3. The molecule has 0 aliphatic carbocycles. The highest BCUT2D eigenvalue weighted by Gasteiger charge is 2.06. The van der Waals surface area contributed by atoms with Crippen LogP contribution in [0.4, 0.5) is 0 Å². The lowest BCUT2D eigenvalue weighted by Gasteiger charge is -1.98. The Balaban J connectivity index is 2.18. The van der Waals surface area contributed by atoms with E-state index in [9.17, 15) is 9.90 Å². The van der Waals surface area contributed by atoms with Crippen LogP contribution in [0.15, 0.2) is 53.2 Å². The van der Waals surface area contributed by atoms with Crippen LogP contribution >= 0.6 is 0 Å². The fourth-order valence-electron chi connectivity index (χ4n) is 1.32. The lowest BCUT2D eigenvalue weighted by atomic mass is 10.1. The van der Waals surface area contributed by atoms with E-state index in [1.165, 1.54) is 18.4 Å². The summed E-state index contributed by atoms with van der Waals surface area (Å²) in [6.45, 7) is 0. The van der Waals surface area contributed by atoms with Gasteiger partial charge in [0.15, 0.2) is 5.78 Å². The standard InChI is InChI=1S/C13H10O3/c14-12-6-2-1-5-11(12)13(15)8-7-10-4-3-9-16-10/h1-9,14H/b8-7-. The third-order valence-electron chi connectivity index (χ3n) is 2.11. The summed E-state index contributed by atoms with van der Waals surface area (Å²) in [5.41, 5.74) is 0.283. The molecule has 0 atom stereocenters. The third kappa shape index (κ3) is 2.20. The first-order chi connectivity index (χ1) is 7.77. The number of furan rings is 1. The number of ketones is 1. The van der Waals surface area contributed by atoms with E-state index in [2.05, 4.69) is 0 Å². The van der Waals surface area contributed by atoms with Crippen LogP contribution in [0.5, 0.6) is 5.75 Å². The Morgan fingerprint density at radius 2 is 2.00 bits per heavy atom. The lowest BCUT2D eigenvalue weighted by molar-refractivity contribution is 0.104. The first-order valence-corrected chi connectivity index (χ1v) is 4.81. The number of allylic oxidation sites excluding steroid dienone is 1. The number of aromatic hydroxyl groups is 1. The number of rotatable bonds is 3. The Hall–Kier alpha value is -2.29. The van der Waals surface area contributed by atoms with Gasteiger partial charge in [-0.1, -0.05) is 12.1 Å². The highest BCUT2D eigenvalue weighted by molar-refractivity contribution is 6.08. The maximum absolute atomic E-state index is 11.7. The number of carbonyl (C=O) groups excluding carboxylic acids is 1. The number of para-hydroxylation sites is 1. The lowest BCUT2D eigenvalue weighted by Crippen LogP contribution is -1.93. The molecule has 1 N–H and O–H groups in total. The van der Waals surface area contributed by atoms with Crippen LogP contribution in [0, 0.1) is 0 Å². The second-order valence-corrected chi connectivity index (χ2v) is 3.23. The first kappa shape index (κ1) is 10.2. The molecule has 16 heavy (non-hydrogen) atoms. The minimum atomic E-state index is -0.255. The molecule has 1 aromatic heterocycles. The number of hydrogen-bond donors (Lipinski definition) is 1. The number of carbonyl (C=O) groups is 1. The molecule has 0 spiro atoms. The summed E-state index contributed by atoms with van der Waals surface area (Å²) in [5, 5.41) is 9.46. The Kier molecular flexibility index (Phi) is 2.87. The molecule has 3 nitrogen and oxygen atoms in total. The molecule has 0 saturated heterocycles. The topological polar surface area (TPSA) is 50.4 Å². The number of phenolic OH excluding ortho intramolecular Hbond substituents is 1. The van der Waals surface area contributed by atoms with E-state index in [1.54, 1.807) is 36.4 Å². The van der Waals surface area contributed by atoms with E-state index in [0.29, 0.717) is 5.76 Å². The van der Waals surface area contributed by atoms with Crippen molar-refractivity contribution in [3.8, 4) is 5.75 Å². The molecule has 0 fully saturated rings. The molecular weight excluding hydrogens is 204 g/mol. The molecule has 0 radical (unpaired) electrons. The normalized spacial score (nSPS) is 10.8. The molecule has 0 aliphatic rings. The van der Waals surface area contributed by atoms with E-state index in [-0.39, 0.29) is 17.1 Å². The molecule has 1 aromatic carbocycles. The minimum absolute atomic E-state index is 0.0170. The van der Waals surface area contributed by atoms with E-state index < -0.39 is 0 Å². The SMILES string of the molecule is O=C(/C=C\c1ccco1)c1ccccc1O. The van der Waals surface area contributed by atoms with E-state index in [0.717, 1.165) is 0 Å². The van der Waals surface area contributed by atoms with Gasteiger partial charge in [0.2, 0.25) is 0 Å². The van der Waals surface area contributed by atoms with Crippen molar-refractivity contribution in [3.05, 3.63) is 60.1 Å². The first-order valence-electron chi connectivity index (χ1n) is 4.81. The summed E-state index contributed by atoms with van der Waals surface area (Å²) in [7, 11) is 0. The zero-order valence-electron chi connectivity index (χ0n) is 8.46. The number of phenols is 1. The quantitative estimate of drug-likeness (QED) is 0.631. The molecule has 2 rings (SSSR count). The van der Waals surface area contributed by atoms with Crippen molar-refractivity contribution in [1.82, 2.24) is 0 Å². The highest BCUT2D eigenvalue weighted by Crippen LogP contribution is 2.17. The largest absolute Gasteiger partial charge is 0.507 e. The van der Waals surface area contributed by atoms with Gasteiger partial charge in [-0.3, -0.25) is 4.79 Å². The van der Waals surface area contributed by atoms with Crippen molar-refractivity contribution < 1.29 is 14.3 Å². The molecular formula is C13H10O3. The van der Waals surface area contributed by atoms with Crippen LogP contribution in [-0.4, -0.2) is 10.9 Å². The van der Waals surface area contributed by atoms with E-state index >= 15 is 0 Å². The summed E-state index contributed by atoms with van der Waals surface area (Å²) >= 11 is 0. The second-order valence-electron chi connectivity index (χ2n) is 3.23. The summed E-state index contributed by atoms with van der Waals surface area (Å²) in [6.07, 6.45) is 4.47. The molecule has 0 aliphatic heterocycles. The predicted octanol–water partition coefficient (Wildman–Crippen LogP) is 2.88.